The molecule has 0 unspecified atom stereocenters. The largest absolute Gasteiger partial charge is 0.340 e. The predicted molar refractivity (Wildman–Crippen MR) is 94.3 cm³/mol. The van der Waals surface area contributed by atoms with Crippen molar-refractivity contribution in [1.29, 1.82) is 0 Å². The number of piperazine rings is 1. The van der Waals surface area contributed by atoms with Crippen LogP contribution in [0.1, 0.15) is 12.0 Å². The van der Waals surface area contributed by atoms with Gasteiger partial charge in [-0.05, 0) is 29.4 Å². The van der Waals surface area contributed by atoms with Crippen molar-refractivity contribution in [2.45, 2.75) is 13.0 Å². The zero-order valence-corrected chi connectivity index (χ0v) is 13.8. The lowest BCUT2D eigenvalue weighted by molar-refractivity contribution is -0.132. The van der Waals surface area contributed by atoms with Gasteiger partial charge < -0.3 is 15.1 Å². The van der Waals surface area contributed by atoms with Gasteiger partial charge in [0, 0.05) is 45.7 Å². The van der Waals surface area contributed by atoms with Gasteiger partial charge in [-0.3, -0.25) is 4.79 Å². The molecule has 0 aliphatic carbocycles. The molecule has 1 heterocycles. The Labute approximate surface area is 138 Å². The lowest BCUT2D eigenvalue weighted by atomic mass is 10.1. The van der Waals surface area contributed by atoms with E-state index in [1.54, 1.807) is 0 Å². The van der Waals surface area contributed by atoms with E-state index in [9.17, 15) is 4.79 Å². The van der Waals surface area contributed by atoms with E-state index in [4.69, 9.17) is 0 Å². The van der Waals surface area contributed by atoms with Crippen LogP contribution in [0.5, 0.6) is 0 Å². The molecule has 0 bridgehead atoms. The minimum Gasteiger partial charge on any atom is -0.340 e. The molecule has 1 amide bonds. The smallest absolute Gasteiger partial charge is 0.223 e. The Morgan fingerprint density at radius 3 is 2.65 bits per heavy atom. The highest BCUT2D eigenvalue weighted by molar-refractivity contribution is 5.83. The number of nitrogens with zero attached hydrogens (tertiary/aromatic N) is 2. The highest BCUT2D eigenvalue weighted by atomic mass is 16.2. The third-order valence-electron chi connectivity index (χ3n) is 4.44. The van der Waals surface area contributed by atoms with Gasteiger partial charge in [-0.25, -0.2) is 0 Å². The van der Waals surface area contributed by atoms with Gasteiger partial charge in [-0.15, -0.1) is 0 Å². The average Bonchev–Trinajstić information content (AvgIpc) is 2.60. The summed E-state index contributed by atoms with van der Waals surface area (Å²) in [7, 11) is 2.08. The van der Waals surface area contributed by atoms with E-state index in [2.05, 4.69) is 59.7 Å². The molecule has 4 heteroatoms. The molecule has 1 aliphatic rings. The van der Waals surface area contributed by atoms with Crippen LogP contribution in [0.3, 0.4) is 0 Å². The highest BCUT2D eigenvalue weighted by Crippen LogP contribution is 2.16. The fraction of sp³-hybridized carbons (Fsp3) is 0.421. The number of fused-ring (bicyclic) bond motifs is 1. The van der Waals surface area contributed by atoms with Gasteiger partial charge in [0.05, 0.1) is 0 Å². The number of nitrogens with one attached hydrogen (secondary N) is 1. The summed E-state index contributed by atoms with van der Waals surface area (Å²) in [5.74, 6) is 0.275. The Bertz CT molecular complexity index is 664. The summed E-state index contributed by atoms with van der Waals surface area (Å²) in [6.07, 6.45) is 0.601. The Balaban J connectivity index is 1.51. The van der Waals surface area contributed by atoms with Crippen molar-refractivity contribution in [2.75, 3.05) is 39.8 Å². The summed E-state index contributed by atoms with van der Waals surface area (Å²) in [5, 5.41) is 5.82. The van der Waals surface area contributed by atoms with Crippen LogP contribution in [0.15, 0.2) is 42.5 Å². The van der Waals surface area contributed by atoms with Crippen molar-refractivity contribution in [2.24, 2.45) is 0 Å². The molecule has 3 rings (SSSR count). The lowest BCUT2D eigenvalue weighted by Gasteiger charge is -2.28. The van der Waals surface area contributed by atoms with Crippen molar-refractivity contribution < 1.29 is 4.79 Å². The third kappa shape index (κ3) is 4.30. The first-order chi connectivity index (χ1) is 11.2. The summed E-state index contributed by atoms with van der Waals surface area (Å²) in [6, 6.07) is 15.0. The van der Waals surface area contributed by atoms with Crippen LogP contribution in [-0.2, 0) is 11.3 Å². The second-order valence-electron chi connectivity index (χ2n) is 6.30. The van der Waals surface area contributed by atoms with Crippen LogP contribution >= 0.6 is 0 Å². The van der Waals surface area contributed by atoms with Crippen molar-refractivity contribution in [3.63, 3.8) is 0 Å². The van der Waals surface area contributed by atoms with Gasteiger partial charge in [-0.2, -0.15) is 0 Å². The van der Waals surface area contributed by atoms with Gasteiger partial charge in [0.1, 0.15) is 0 Å². The van der Waals surface area contributed by atoms with Crippen LogP contribution in [0.25, 0.3) is 10.8 Å². The Kier molecular flexibility index (Phi) is 5.26. The maximum atomic E-state index is 12.2. The molecular formula is C19H25N3O. The van der Waals surface area contributed by atoms with E-state index in [0.29, 0.717) is 6.42 Å². The molecule has 2 aromatic rings. The number of hydrogen-bond donors (Lipinski definition) is 1. The second-order valence-corrected chi connectivity index (χ2v) is 6.30. The zero-order chi connectivity index (χ0) is 16.1. The topological polar surface area (TPSA) is 35.6 Å². The summed E-state index contributed by atoms with van der Waals surface area (Å²) in [5.41, 5.74) is 1.29. The molecule has 122 valence electrons. The molecule has 1 saturated heterocycles. The van der Waals surface area contributed by atoms with Crippen LogP contribution in [0.4, 0.5) is 0 Å². The summed E-state index contributed by atoms with van der Waals surface area (Å²) in [4.78, 5) is 16.4. The average molecular weight is 311 g/mol. The predicted octanol–water partition coefficient (Wildman–Crippen LogP) is 2.09. The maximum Gasteiger partial charge on any atom is 0.223 e. The third-order valence-corrected chi connectivity index (χ3v) is 4.44. The molecule has 1 aliphatic heterocycles. The fourth-order valence-electron chi connectivity index (χ4n) is 3.09. The highest BCUT2D eigenvalue weighted by Gasteiger charge is 2.16. The summed E-state index contributed by atoms with van der Waals surface area (Å²) >= 11 is 0. The molecule has 2 aromatic carbocycles. The monoisotopic (exact) mass is 311 g/mol. The SMILES string of the molecule is CN(CCC(=O)N1CCNCC1)Cc1ccc2ccccc2c1. The van der Waals surface area contributed by atoms with Crippen LogP contribution in [0.2, 0.25) is 0 Å². The maximum absolute atomic E-state index is 12.2. The van der Waals surface area contributed by atoms with Crippen LogP contribution in [0, 0.1) is 0 Å². The molecule has 0 saturated carbocycles. The van der Waals surface area contributed by atoms with E-state index in [-0.39, 0.29) is 5.91 Å². The van der Waals surface area contributed by atoms with E-state index >= 15 is 0 Å². The molecule has 23 heavy (non-hydrogen) atoms. The number of benzene rings is 2. The Morgan fingerprint density at radius 2 is 1.87 bits per heavy atom. The first-order valence-electron chi connectivity index (χ1n) is 8.37. The van der Waals surface area contributed by atoms with Crippen LogP contribution < -0.4 is 5.32 Å². The second kappa shape index (κ2) is 7.57. The zero-order valence-electron chi connectivity index (χ0n) is 13.8. The minimum atomic E-state index is 0.275. The number of carbonyl (C=O) groups is 1. The molecule has 1 N–H and O–H groups in total. The number of amides is 1. The van der Waals surface area contributed by atoms with Gasteiger partial charge >= 0.3 is 0 Å². The molecule has 0 radical (unpaired) electrons. The number of rotatable bonds is 5. The molecule has 0 atom stereocenters. The Hall–Kier alpha value is -1.91. The van der Waals surface area contributed by atoms with E-state index < -0.39 is 0 Å². The van der Waals surface area contributed by atoms with Crippen molar-refractivity contribution in [3.8, 4) is 0 Å². The first-order valence-corrected chi connectivity index (χ1v) is 8.37. The minimum absolute atomic E-state index is 0.275. The molecule has 1 fully saturated rings. The van der Waals surface area contributed by atoms with Crippen LogP contribution in [-0.4, -0.2) is 55.5 Å². The molecule has 0 spiro atoms. The van der Waals surface area contributed by atoms with Gasteiger partial charge in [0.15, 0.2) is 0 Å². The quantitative estimate of drug-likeness (QED) is 0.918. The Morgan fingerprint density at radius 1 is 1.13 bits per heavy atom. The fourth-order valence-corrected chi connectivity index (χ4v) is 3.09. The van der Waals surface area contributed by atoms with Crippen molar-refractivity contribution >= 4 is 16.7 Å². The number of hydrogen-bond acceptors (Lipinski definition) is 3. The molecule has 4 nitrogen and oxygen atoms in total. The van der Waals surface area contributed by atoms with Gasteiger partial charge in [-0.1, -0.05) is 36.4 Å². The molecular weight excluding hydrogens is 286 g/mol. The standard InChI is InChI=1S/C19H25N3O/c1-21(11-8-19(23)22-12-9-20-10-13-22)15-16-6-7-17-4-2-3-5-18(17)14-16/h2-7,14,20H,8-13,15H2,1H3. The van der Waals surface area contributed by atoms with E-state index in [0.717, 1.165) is 39.3 Å². The lowest BCUT2D eigenvalue weighted by Crippen LogP contribution is -2.47. The van der Waals surface area contributed by atoms with Crippen molar-refractivity contribution in [3.05, 3.63) is 48.0 Å². The first kappa shape index (κ1) is 16.0. The van der Waals surface area contributed by atoms with Crippen molar-refractivity contribution in [1.82, 2.24) is 15.1 Å². The van der Waals surface area contributed by atoms with E-state index in [1.807, 2.05) is 4.90 Å². The van der Waals surface area contributed by atoms with E-state index in [1.165, 1.54) is 16.3 Å². The van der Waals surface area contributed by atoms with Gasteiger partial charge in [0.25, 0.3) is 0 Å². The summed E-state index contributed by atoms with van der Waals surface area (Å²) < 4.78 is 0. The number of carbonyl (C=O) groups excluding carboxylic acids is 1. The summed E-state index contributed by atoms with van der Waals surface area (Å²) in [6.45, 7) is 5.19. The normalized spacial score (nSPS) is 15.3. The molecule has 0 aromatic heterocycles. The van der Waals surface area contributed by atoms with Gasteiger partial charge in [0.2, 0.25) is 5.91 Å².